The second kappa shape index (κ2) is 17.4. The van der Waals surface area contributed by atoms with Gasteiger partial charge >= 0.3 is 11.9 Å². The van der Waals surface area contributed by atoms with E-state index in [1.807, 2.05) is 32.1 Å². The Morgan fingerprint density at radius 3 is 2.31 bits per heavy atom. The minimum Gasteiger partial charge on any atom is -0.463 e. The van der Waals surface area contributed by atoms with Gasteiger partial charge in [0.1, 0.15) is 0 Å². The van der Waals surface area contributed by atoms with Gasteiger partial charge in [0.25, 0.3) is 0 Å². The summed E-state index contributed by atoms with van der Waals surface area (Å²) in [5, 5.41) is 0. The fraction of sp³-hybridized carbons (Fsp3) is 0.533. The number of ether oxygens (including phenoxy) is 2. The van der Waals surface area contributed by atoms with Crippen LogP contribution in [0.4, 0.5) is 0 Å². The zero-order valence-electron chi connectivity index (χ0n) is 22.2. The first-order valence-corrected chi connectivity index (χ1v) is 13.5. The molecule has 2 rings (SSSR count). The van der Waals surface area contributed by atoms with E-state index >= 15 is 0 Å². The van der Waals surface area contributed by atoms with Crippen LogP contribution in [0, 0.1) is 0 Å². The molecule has 1 aromatic heterocycles. The molecule has 0 aliphatic rings. The molecule has 0 saturated carbocycles. The van der Waals surface area contributed by atoms with Crippen molar-refractivity contribution in [1.29, 1.82) is 0 Å². The topological polar surface area (TPSA) is 78.4 Å². The smallest absolute Gasteiger partial charge is 0.335 e. The van der Waals surface area contributed by atoms with E-state index in [0.717, 1.165) is 44.1 Å². The van der Waals surface area contributed by atoms with E-state index in [-0.39, 0.29) is 12.1 Å². The van der Waals surface area contributed by atoms with Gasteiger partial charge in [0.2, 0.25) is 0 Å². The number of esters is 2. The summed E-state index contributed by atoms with van der Waals surface area (Å²) >= 11 is 0. The van der Waals surface area contributed by atoms with Gasteiger partial charge in [0.05, 0.1) is 18.5 Å². The van der Waals surface area contributed by atoms with E-state index in [2.05, 4.69) is 29.0 Å². The zero-order valence-corrected chi connectivity index (χ0v) is 22.2. The third-order valence-corrected chi connectivity index (χ3v) is 5.98. The minimum atomic E-state index is -0.403. The Balaban J connectivity index is 1.70. The predicted molar refractivity (Wildman–Crippen MR) is 144 cm³/mol. The van der Waals surface area contributed by atoms with Crippen molar-refractivity contribution in [2.24, 2.45) is 0 Å². The number of rotatable bonds is 17. The van der Waals surface area contributed by atoms with E-state index in [1.54, 1.807) is 0 Å². The maximum Gasteiger partial charge on any atom is 0.335 e. The van der Waals surface area contributed by atoms with Crippen LogP contribution in [0.2, 0.25) is 0 Å². The first-order chi connectivity index (χ1) is 17.5. The molecule has 1 heterocycles. The quantitative estimate of drug-likeness (QED) is 0.129. The Labute approximate surface area is 216 Å². The largest absolute Gasteiger partial charge is 0.463 e. The van der Waals surface area contributed by atoms with Gasteiger partial charge in [-0.3, -0.25) is 4.79 Å². The third-order valence-electron chi connectivity index (χ3n) is 5.98. The summed E-state index contributed by atoms with van der Waals surface area (Å²) in [5.74, 6) is 0.386. The highest BCUT2D eigenvalue weighted by Crippen LogP contribution is 2.19. The van der Waals surface area contributed by atoms with Gasteiger partial charge < -0.3 is 9.47 Å². The molecule has 0 bridgehead atoms. The second-order valence-electron chi connectivity index (χ2n) is 9.22. The van der Waals surface area contributed by atoms with Crippen molar-refractivity contribution in [2.75, 3.05) is 0 Å². The van der Waals surface area contributed by atoms with Crippen LogP contribution in [0.5, 0.6) is 5.75 Å². The fourth-order valence-electron chi connectivity index (χ4n) is 3.84. The van der Waals surface area contributed by atoms with E-state index < -0.39 is 5.97 Å². The van der Waals surface area contributed by atoms with Crippen molar-refractivity contribution in [1.82, 2.24) is 9.97 Å². The van der Waals surface area contributed by atoms with Gasteiger partial charge in [-0.1, -0.05) is 76.3 Å². The van der Waals surface area contributed by atoms with E-state index in [9.17, 15) is 9.59 Å². The summed E-state index contributed by atoms with van der Waals surface area (Å²) in [6, 6.07) is 8.18. The summed E-state index contributed by atoms with van der Waals surface area (Å²) in [5.41, 5.74) is 2.16. The van der Waals surface area contributed by atoms with Crippen LogP contribution in [0.3, 0.4) is 0 Å². The molecule has 36 heavy (non-hydrogen) atoms. The number of allylic oxidation sites excluding steroid dienone is 1. The molecule has 1 unspecified atom stereocenters. The van der Waals surface area contributed by atoms with Gasteiger partial charge in [-0.25, -0.2) is 14.8 Å². The lowest BCUT2D eigenvalue weighted by atomic mass is 10.0. The van der Waals surface area contributed by atoms with Crippen LogP contribution < -0.4 is 4.74 Å². The van der Waals surface area contributed by atoms with Crippen LogP contribution in [-0.4, -0.2) is 28.0 Å². The Bertz CT molecular complexity index is 923. The van der Waals surface area contributed by atoms with Crippen molar-refractivity contribution in [3.8, 4) is 17.1 Å². The Kier molecular flexibility index (Phi) is 14.1. The van der Waals surface area contributed by atoms with Crippen LogP contribution in [0.1, 0.15) is 97.0 Å². The number of benzene rings is 1. The first-order valence-electron chi connectivity index (χ1n) is 13.5. The molecule has 0 aliphatic carbocycles. The maximum absolute atomic E-state index is 12.0. The number of aryl methyl sites for hydroxylation is 1. The molecule has 1 aromatic carbocycles. The fourth-order valence-corrected chi connectivity index (χ4v) is 3.84. The zero-order chi connectivity index (χ0) is 26.0. The summed E-state index contributed by atoms with van der Waals surface area (Å²) < 4.78 is 10.6. The van der Waals surface area contributed by atoms with E-state index in [1.165, 1.54) is 56.1 Å². The number of aromatic nitrogens is 2. The van der Waals surface area contributed by atoms with Gasteiger partial charge in [0, 0.05) is 18.1 Å². The number of hydrogen-bond donors (Lipinski definition) is 0. The van der Waals surface area contributed by atoms with E-state index in [0.29, 0.717) is 18.0 Å². The van der Waals surface area contributed by atoms with E-state index in [4.69, 9.17) is 9.47 Å². The average Bonchev–Trinajstić information content (AvgIpc) is 2.89. The summed E-state index contributed by atoms with van der Waals surface area (Å²) in [6.45, 7) is 5.97. The molecule has 0 radical (unpaired) electrons. The molecule has 6 nitrogen and oxygen atoms in total. The van der Waals surface area contributed by atoms with Crippen molar-refractivity contribution >= 4 is 11.9 Å². The van der Waals surface area contributed by atoms with Crippen molar-refractivity contribution in [3.63, 3.8) is 0 Å². The average molecular weight is 495 g/mol. The van der Waals surface area contributed by atoms with Crippen molar-refractivity contribution < 1.29 is 19.1 Å². The summed E-state index contributed by atoms with van der Waals surface area (Å²) in [4.78, 5) is 32.0. The molecular formula is C30H42N2O4. The lowest BCUT2D eigenvalue weighted by Gasteiger charge is -2.12. The summed E-state index contributed by atoms with van der Waals surface area (Å²) in [7, 11) is 0. The Morgan fingerprint density at radius 2 is 1.61 bits per heavy atom. The number of carbonyl (C=O) groups is 2. The van der Waals surface area contributed by atoms with Gasteiger partial charge in [-0.2, -0.15) is 0 Å². The standard InChI is InChI=1S/C30H42N2O4/c1-4-6-7-8-9-10-11-12-17-29(34)36-27-22-31-30(32-23-27)26-20-18-25(19-21-26)16-14-13-15-24(3)35-28(33)5-2/h12,17-24H,4-11,13-16H2,1-3H3/b17-12+. The number of carbonyl (C=O) groups excluding carboxylic acids is 2. The first kappa shape index (κ1) is 29.2. The minimum absolute atomic E-state index is 0.0275. The lowest BCUT2D eigenvalue weighted by Crippen LogP contribution is -2.13. The SMILES string of the molecule is CCCCCCCC/C=C/C(=O)Oc1cnc(-c2ccc(CCCCC(C)OC(=O)CC)cc2)nc1. The third kappa shape index (κ3) is 12.1. The molecule has 196 valence electrons. The normalized spacial score (nSPS) is 12.0. The molecule has 6 heteroatoms. The molecule has 0 fully saturated rings. The number of hydrogen-bond acceptors (Lipinski definition) is 6. The van der Waals surface area contributed by atoms with Crippen LogP contribution in [0.15, 0.2) is 48.8 Å². The number of unbranched alkanes of at least 4 members (excludes halogenated alkanes) is 7. The van der Waals surface area contributed by atoms with Crippen LogP contribution in [-0.2, 0) is 20.7 Å². The number of nitrogens with zero attached hydrogens (tertiary/aromatic N) is 2. The monoisotopic (exact) mass is 494 g/mol. The lowest BCUT2D eigenvalue weighted by molar-refractivity contribution is -0.148. The molecular weight excluding hydrogens is 452 g/mol. The highest BCUT2D eigenvalue weighted by Gasteiger charge is 2.08. The molecule has 1 atom stereocenters. The van der Waals surface area contributed by atoms with Gasteiger partial charge in [0.15, 0.2) is 11.6 Å². The second-order valence-corrected chi connectivity index (χ2v) is 9.22. The molecule has 0 N–H and O–H groups in total. The highest BCUT2D eigenvalue weighted by atomic mass is 16.5. The molecule has 2 aromatic rings. The van der Waals surface area contributed by atoms with Gasteiger partial charge in [-0.05, 0) is 51.0 Å². The molecule has 0 spiro atoms. The Morgan fingerprint density at radius 1 is 0.917 bits per heavy atom. The molecule has 0 aliphatic heterocycles. The maximum atomic E-state index is 12.0. The Hall–Kier alpha value is -3.02. The predicted octanol–water partition coefficient (Wildman–Crippen LogP) is 7.41. The van der Waals surface area contributed by atoms with Crippen LogP contribution >= 0.6 is 0 Å². The van der Waals surface area contributed by atoms with Crippen molar-refractivity contribution in [2.45, 2.75) is 104 Å². The van der Waals surface area contributed by atoms with Crippen molar-refractivity contribution in [3.05, 3.63) is 54.4 Å². The molecule has 0 saturated heterocycles. The van der Waals surface area contributed by atoms with Gasteiger partial charge in [-0.15, -0.1) is 0 Å². The highest BCUT2D eigenvalue weighted by molar-refractivity contribution is 5.83. The molecule has 0 amide bonds. The summed E-state index contributed by atoms with van der Waals surface area (Å²) in [6.07, 6.45) is 19.0. The van der Waals surface area contributed by atoms with Crippen LogP contribution in [0.25, 0.3) is 11.4 Å².